The van der Waals surface area contributed by atoms with E-state index in [1.165, 1.54) is 5.56 Å². The molecule has 0 fully saturated rings. The van der Waals surface area contributed by atoms with Gasteiger partial charge in [0.05, 0.1) is 18.2 Å². The number of hydrogen-bond donors (Lipinski definition) is 0. The molecule has 1 aromatic carbocycles. The van der Waals surface area contributed by atoms with Crippen LogP contribution < -0.4 is 0 Å². The van der Waals surface area contributed by atoms with Gasteiger partial charge in [-0.2, -0.15) is 0 Å². The molecular weight excluding hydrogens is 256 g/mol. The Kier molecular flexibility index (Phi) is 4.37. The summed E-state index contributed by atoms with van der Waals surface area (Å²) in [6.45, 7) is 8.43. The zero-order chi connectivity index (χ0) is 13.7. The summed E-state index contributed by atoms with van der Waals surface area (Å²) in [6.07, 6.45) is 9.12. The number of rotatable bonds is 5. The number of halogens is 1. The molecule has 0 saturated carbocycles. The number of imidazole rings is 1. The molecule has 96 valence electrons. The van der Waals surface area contributed by atoms with Gasteiger partial charge in [0.2, 0.25) is 0 Å². The fraction of sp³-hybridized carbons (Fsp3) is 0.0625. The van der Waals surface area contributed by atoms with Crippen molar-refractivity contribution in [3.8, 4) is 0 Å². The van der Waals surface area contributed by atoms with Crippen molar-refractivity contribution in [1.82, 2.24) is 9.55 Å². The van der Waals surface area contributed by atoms with Crippen molar-refractivity contribution >= 4 is 17.2 Å². The number of allylic oxidation sites excluding steroid dienone is 4. The molecule has 0 bridgehead atoms. The van der Waals surface area contributed by atoms with Gasteiger partial charge >= 0.3 is 0 Å². The van der Waals surface area contributed by atoms with Gasteiger partial charge in [-0.05, 0) is 23.3 Å². The number of benzene rings is 1. The highest BCUT2D eigenvalue weighted by atomic mass is 35.5. The highest BCUT2D eigenvalue weighted by molar-refractivity contribution is 6.30. The van der Waals surface area contributed by atoms with Gasteiger partial charge in [-0.3, -0.25) is 0 Å². The molecule has 2 rings (SSSR count). The van der Waals surface area contributed by atoms with Gasteiger partial charge in [0.25, 0.3) is 0 Å². The fourth-order valence-corrected chi connectivity index (χ4v) is 1.90. The number of aromatic nitrogens is 2. The third kappa shape index (κ3) is 3.46. The van der Waals surface area contributed by atoms with Gasteiger partial charge in [0.1, 0.15) is 0 Å². The van der Waals surface area contributed by atoms with Crippen molar-refractivity contribution in [2.75, 3.05) is 0 Å². The number of hydrogen-bond acceptors (Lipinski definition) is 1. The zero-order valence-electron chi connectivity index (χ0n) is 10.6. The van der Waals surface area contributed by atoms with Crippen LogP contribution in [0.15, 0.2) is 68.2 Å². The minimum atomic E-state index is 0.743. The van der Waals surface area contributed by atoms with Crippen LogP contribution in [0.25, 0.3) is 5.57 Å². The predicted molar refractivity (Wildman–Crippen MR) is 81.2 cm³/mol. The Morgan fingerprint density at radius 3 is 2.74 bits per heavy atom. The Morgan fingerprint density at radius 2 is 2.05 bits per heavy atom. The van der Waals surface area contributed by atoms with Crippen LogP contribution in [0.2, 0.25) is 5.02 Å². The largest absolute Gasteiger partial charge is 0.326 e. The minimum Gasteiger partial charge on any atom is -0.326 e. The van der Waals surface area contributed by atoms with E-state index in [-0.39, 0.29) is 0 Å². The molecule has 0 radical (unpaired) electrons. The van der Waals surface area contributed by atoms with Gasteiger partial charge in [0, 0.05) is 11.6 Å². The summed E-state index contributed by atoms with van der Waals surface area (Å²) >= 11 is 5.88. The van der Waals surface area contributed by atoms with Crippen LogP contribution in [0.3, 0.4) is 0 Å². The quantitative estimate of drug-likeness (QED) is 0.739. The van der Waals surface area contributed by atoms with E-state index in [1.807, 2.05) is 42.6 Å². The van der Waals surface area contributed by atoms with Crippen LogP contribution in [0.1, 0.15) is 11.3 Å². The molecule has 0 aliphatic carbocycles. The van der Waals surface area contributed by atoms with Crippen molar-refractivity contribution in [3.05, 3.63) is 84.5 Å². The molecule has 0 N–H and O–H groups in total. The Morgan fingerprint density at radius 1 is 1.32 bits per heavy atom. The third-order valence-electron chi connectivity index (χ3n) is 2.74. The lowest BCUT2D eigenvalue weighted by atomic mass is 10.2. The highest BCUT2D eigenvalue weighted by Crippen LogP contribution is 2.16. The summed E-state index contributed by atoms with van der Waals surface area (Å²) in [5.41, 5.74) is 3.07. The summed E-state index contributed by atoms with van der Waals surface area (Å²) in [5.74, 6) is 0. The summed E-state index contributed by atoms with van der Waals surface area (Å²) in [5, 5.41) is 0.743. The van der Waals surface area contributed by atoms with E-state index in [4.69, 9.17) is 11.6 Å². The first-order valence-corrected chi connectivity index (χ1v) is 6.31. The average molecular weight is 271 g/mol. The molecule has 0 aliphatic heterocycles. The van der Waals surface area contributed by atoms with E-state index in [9.17, 15) is 0 Å². The second-order valence-electron chi connectivity index (χ2n) is 4.15. The molecule has 0 amide bonds. The van der Waals surface area contributed by atoms with Crippen LogP contribution in [-0.4, -0.2) is 9.55 Å². The maximum Gasteiger partial charge on any atom is 0.0954 e. The fourth-order valence-electron chi connectivity index (χ4n) is 1.77. The van der Waals surface area contributed by atoms with Gasteiger partial charge in [-0.25, -0.2) is 4.98 Å². The Labute approximate surface area is 118 Å². The van der Waals surface area contributed by atoms with Crippen molar-refractivity contribution in [2.45, 2.75) is 6.54 Å². The van der Waals surface area contributed by atoms with E-state index in [0.29, 0.717) is 0 Å². The zero-order valence-corrected chi connectivity index (χ0v) is 11.3. The first-order valence-electron chi connectivity index (χ1n) is 5.93. The first-order chi connectivity index (χ1) is 9.20. The van der Waals surface area contributed by atoms with Gasteiger partial charge in [-0.1, -0.05) is 55.1 Å². The summed E-state index contributed by atoms with van der Waals surface area (Å²) in [4.78, 5) is 4.18. The van der Waals surface area contributed by atoms with Crippen LogP contribution in [0.5, 0.6) is 0 Å². The van der Waals surface area contributed by atoms with Crippen molar-refractivity contribution in [2.24, 2.45) is 0 Å². The molecule has 0 unspecified atom stereocenters. The van der Waals surface area contributed by atoms with E-state index in [1.54, 1.807) is 12.4 Å². The highest BCUT2D eigenvalue weighted by Gasteiger charge is 2.04. The van der Waals surface area contributed by atoms with Crippen molar-refractivity contribution < 1.29 is 0 Å². The third-order valence-corrected chi connectivity index (χ3v) is 2.99. The predicted octanol–water partition coefficient (Wildman–Crippen LogP) is 4.34. The number of nitrogens with zero attached hydrogens (tertiary/aromatic N) is 2. The first kappa shape index (κ1) is 13.4. The second kappa shape index (κ2) is 6.21. The van der Waals surface area contributed by atoms with E-state index >= 15 is 0 Å². The van der Waals surface area contributed by atoms with E-state index < -0.39 is 0 Å². The van der Waals surface area contributed by atoms with Gasteiger partial charge in [0.15, 0.2) is 0 Å². The summed E-state index contributed by atoms with van der Waals surface area (Å²) in [6, 6.07) is 7.79. The summed E-state index contributed by atoms with van der Waals surface area (Å²) < 4.78 is 2.05. The average Bonchev–Trinajstić information content (AvgIpc) is 2.87. The maximum absolute atomic E-state index is 5.88. The molecule has 0 atom stereocenters. The lowest BCUT2D eigenvalue weighted by molar-refractivity contribution is 0.787. The molecule has 0 saturated heterocycles. The van der Waals surface area contributed by atoms with Gasteiger partial charge < -0.3 is 4.57 Å². The Balaban J connectivity index is 2.20. The molecule has 19 heavy (non-hydrogen) atoms. The van der Waals surface area contributed by atoms with E-state index in [0.717, 1.165) is 22.8 Å². The summed E-state index contributed by atoms with van der Waals surface area (Å²) in [7, 11) is 0. The Hall–Kier alpha value is -2.06. The van der Waals surface area contributed by atoms with Crippen LogP contribution in [-0.2, 0) is 6.54 Å². The molecule has 3 heteroatoms. The second-order valence-corrected chi connectivity index (χ2v) is 4.59. The van der Waals surface area contributed by atoms with Gasteiger partial charge in [-0.15, -0.1) is 0 Å². The monoisotopic (exact) mass is 270 g/mol. The molecule has 2 nitrogen and oxygen atoms in total. The van der Waals surface area contributed by atoms with Crippen LogP contribution >= 0.6 is 11.6 Å². The minimum absolute atomic E-state index is 0.743. The SMILES string of the molecule is C=C/C=C\C(=C)c1cncn1Cc1ccc(Cl)cc1. The topological polar surface area (TPSA) is 17.8 Å². The van der Waals surface area contributed by atoms with Crippen LogP contribution in [0, 0.1) is 0 Å². The molecular formula is C16H15ClN2. The lowest BCUT2D eigenvalue weighted by Crippen LogP contribution is -2.01. The van der Waals surface area contributed by atoms with Crippen LogP contribution in [0.4, 0.5) is 0 Å². The standard InChI is InChI=1S/C16H15ClN2/c1-3-4-5-13(2)16-10-18-12-19(16)11-14-6-8-15(17)9-7-14/h3-10,12H,1-2,11H2/b5-4-. The maximum atomic E-state index is 5.88. The van der Waals surface area contributed by atoms with Crippen molar-refractivity contribution in [3.63, 3.8) is 0 Å². The van der Waals surface area contributed by atoms with E-state index in [2.05, 4.69) is 22.7 Å². The Bertz CT molecular complexity index is 606. The molecule has 0 aliphatic rings. The molecule has 1 aromatic heterocycles. The normalized spacial score (nSPS) is 10.8. The molecule has 1 heterocycles. The lowest BCUT2D eigenvalue weighted by Gasteiger charge is -2.08. The smallest absolute Gasteiger partial charge is 0.0954 e. The van der Waals surface area contributed by atoms with Crippen molar-refractivity contribution in [1.29, 1.82) is 0 Å². The molecule has 2 aromatic rings. The molecule has 0 spiro atoms.